The van der Waals surface area contributed by atoms with Crippen LogP contribution in [0.2, 0.25) is 0 Å². The van der Waals surface area contributed by atoms with Crippen molar-refractivity contribution < 1.29 is 9.90 Å². The molecule has 4 heteroatoms. The molecule has 0 spiro atoms. The Kier molecular flexibility index (Phi) is 5.31. The van der Waals surface area contributed by atoms with Crippen molar-refractivity contribution >= 4 is 5.97 Å². The van der Waals surface area contributed by atoms with Crippen molar-refractivity contribution in [1.82, 2.24) is 9.80 Å². The van der Waals surface area contributed by atoms with Gasteiger partial charge in [0.15, 0.2) is 0 Å². The Morgan fingerprint density at radius 3 is 2.33 bits per heavy atom. The van der Waals surface area contributed by atoms with Crippen LogP contribution in [0, 0.1) is 17.3 Å². The Morgan fingerprint density at radius 1 is 1.19 bits per heavy atom. The van der Waals surface area contributed by atoms with E-state index in [0.29, 0.717) is 11.3 Å². The molecular weight excluding hydrogens is 264 g/mol. The summed E-state index contributed by atoms with van der Waals surface area (Å²) in [6, 6.07) is 0.237. The first-order valence-electron chi connectivity index (χ1n) is 8.50. The first-order valence-corrected chi connectivity index (χ1v) is 8.50. The monoisotopic (exact) mass is 296 g/mol. The van der Waals surface area contributed by atoms with E-state index in [-0.39, 0.29) is 12.0 Å². The molecule has 2 fully saturated rings. The lowest BCUT2D eigenvalue weighted by Crippen LogP contribution is -2.55. The molecule has 0 aromatic heterocycles. The van der Waals surface area contributed by atoms with E-state index in [1.54, 1.807) is 0 Å². The highest BCUT2D eigenvalue weighted by Gasteiger charge is 2.42. The van der Waals surface area contributed by atoms with Gasteiger partial charge in [0.1, 0.15) is 0 Å². The summed E-state index contributed by atoms with van der Waals surface area (Å²) in [6.07, 6.45) is 4.15. The van der Waals surface area contributed by atoms with E-state index in [0.717, 1.165) is 45.4 Å². The summed E-state index contributed by atoms with van der Waals surface area (Å²) in [6.45, 7) is 11.1. The maximum atomic E-state index is 11.7. The van der Waals surface area contributed by atoms with Gasteiger partial charge in [0.05, 0.1) is 5.92 Å². The Hall–Kier alpha value is -0.610. The zero-order valence-electron chi connectivity index (χ0n) is 14.1. The number of carboxylic acid groups (broad SMARTS) is 1. The standard InChI is InChI=1S/C17H32N2O2/c1-5-17(2,3)13-6-7-14(16(20)21)15(12-13)19-10-8-18(4)9-11-19/h13-15H,5-12H2,1-4H3,(H,20,21). The summed E-state index contributed by atoms with van der Waals surface area (Å²) in [7, 11) is 2.15. The van der Waals surface area contributed by atoms with E-state index in [2.05, 4.69) is 37.6 Å². The molecule has 0 amide bonds. The van der Waals surface area contributed by atoms with Crippen LogP contribution in [0.25, 0.3) is 0 Å². The van der Waals surface area contributed by atoms with Crippen molar-refractivity contribution in [2.75, 3.05) is 33.2 Å². The predicted octanol–water partition coefficient (Wildman–Crippen LogP) is 2.54. The molecule has 21 heavy (non-hydrogen) atoms. The average molecular weight is 296 g/mol. The number of piperazine rings is 1. The highest BCUT2D eigenvalue weighted by Crippen LogP contribution is 2.43. The molecule has 4 nitrogen and oxygen atoms in total. The smallest absolute Gasteiger partial charge is 0.308 e. The summed E-state index contributed by atoms with van der Waals surface area (Å²) >= 11 is 0. The SMILES string of the molecule is CCC(C)(C)C1CCC(C(=O)O)C(N2CCN(C)CC2)C1. The van der Waals surface area contributed by atoms with Crippen molar-refractivity contribution in [1.29, 1.82) is 0 Å². The van der Waals surface area contributed by atoms with Crippen LogP contribution < -0.4 is 0 Å². The van der Waals surface area contributed by atoms with Crippen molar-refractivity contribution in [3.05, 3.63) is 0 Å². The summed E-state index contributed by atoms with van der Waals surface area (Å²) in [4.78, 5) is 16.5. The first-order chi connectivity index (χ1) is 9.85. The van der Waals surface area contributed by atoms with E-state index >= 15 is 0 Å². The minimum Gasteiger partial charge on any atom is -0.481 e. The largest absolute Gasteiger partial charge is 0.481 e. The lowest BCUT2D eigenvalue weighted by Gasteiger charge is -2.47. The zero-order valence-corrected chi connectivity index (χ0v) is 14.1. The van der Waals surface area contributed by atoms with Gasteiger partial charge < -0.3 is 10.0 Å². The molecule has 1 N–H and O–H groups in total. The number of likely N-dealkylation sites (N-methyl/N-ethyl adjacent to an activating group) is 1. The molecule has 1 aliphatic heterocycles. The Balaban J connectivity index is 2.10. The van der Waals surface area contributed by atoms with Gasteiger partial charge in [0, 0.05) is 32.2 Å². The maximum Gasteiger partial charge on any atom is 0.308 e. The van der Waals surface area contributed by atoms with Gasteiger partial charge in [0.2, 0.25) is 0 Å². The third-order valence-corrected chi connectivity index (χ3v) is 6.16. The molecule has 1 saturated heterocycles. The van der Waals surface area contributed by atoms with Gasteiger partial charge in [-0.1, -0.05) is 27.2 Å². The van der Waals surface area contributed by atoms with Crippen LogP contribution in [0.15, 0.2) is 0 Å². The molecule has 3 atom stereocenters. The van der Waals surface area contributed by atoms with Crippen molar-refractivity contribution in [2.45, 2.75) is 52.5 Å². The van der Waals surface area contributed by atoms with Crippen LogP contribution in [-0.4, -0.2) is 60.1 Å². The maximum absolute atomic E-state index is 11.7. The van der Waals surface area contributed by atoms with Crippen LogP contribution in [-0.2, 0) is 4.79 Å². The highest BCUT2D eigenvalue weighted by atomic mass is 16.4. The van der Waals surface area contributed by atoms with Crippen LogP contribution in [0.3, 0.4) is 0 Å². The van der Waals surface area contributed by atoms with Gasteiger partial charge in [0.25, 0.3) is 0 Å². The van der Waals surface area contributed by atoms with Crippen LogP contribution in [0.1, 0.15) is 46.5 Å². The molecule has 1 saturated carbocycles. The van der Waals surface area contributed by atoms with Gasteiger partial charge in [-0.2, -0.15) is 0 Å². The topological polar surface area (TPSA) is 43.8 Å². The van der Waals surface area contributed by atoms with E-state index in [9.17, 15) is 9.90 Å². The number of aliphatic carboxylic acids is 1. The molecule has 2 rings (SSSR count). The molecule has 0 aromatic rings. The number of nitrogens with zero attached hydrogens (tertiary/aromatic N) is 2. The minimum absolute atomic E-state index is 0.169. The fourth-order valence-electron chi connectivity index (χ4n) is 3.99. The molecule has 2 aliphatic rings. The molecule has 1 heterocycles. The van der Waals surface area contributed by atoms with Gasteiger partial charge in [-0.15, -0.1) is 0 Å². The van der Waals surface area contributed by atoms with Gasteiger partial charge in [-0.25, -0.2) is 0 Å². The van der Waals surface area contributed by atoms with Gasteiger partial charge in [-0.05, 0) is 37.6 Å². The normalized spacial score (nSPS) is 33.0. The van der Waals surface area contributed by atoms with Crippen molar-refractivity contribution in [3.63, 3.8) is 0 Å². The predicted molar refractivity (Wildman–Crippen MR) is 85.4 cm³/mol. The van der Waals surface area contributed by atoms with E-state index < -0.39 is 5.97 Å². The van der Waals surface area contributed by atoms with E-state index in [1.165, 1.54) is 6.42 Å². The number of carbonyl (C=O) groups is 1. The minimum atomic E-state index is -0.591. The van der Waals surface area contributed by atoms with Crippen molar-refractivity contribution in [2.24, 2.45) is 17.3 Å². The lowest BCUT2D eigenvalue weighted by atomic mass is 9.65. The Labute approximate surface area is 129 Å². The van der Waals surface area contributed by atoms with Crippen LogP contribution >= 0.6 is 0 Å². The third-order valence-electron chi connectivity index (χ3n) is 6.16. The summed E-state index contributed by atoms with van der Waals surface area (Å²) in [5.74, 6) is -0.105. The number of carboxylic acids is 1. The lowest BCUT2D eigenvalue weighted by molar-refractivity contribution is -0.147. The molecule has 0 radical (unpaired) electrons. The number of hydrogen-bond acceptors (Lipinski definition) is 3. The Morgan fingerprint density at radius 2 is 1.81 bits per heavy atom. The summed E-state index contributed by atoms with van der Waals surface area (Å²) in [5, 5.41) is 9.60. The number of hydrogen-bond donors (Lipinski definition) is 1. The van der Waals surface area contributed by atoms with Gasteiger partial charge in [-0.3, -0.25) is 9.69 Å². The second kappa shape index (κ2) is 6.66. The van der Waals surface area contributed by atoms with Gasteiger partial charge >= 0.3 is 5.97 Å². The highest BCUT2D eigenvalue weighted by molar-refractivity contribution is 5.71. The Bertz CT molecular complexity index is 362. The second-order valence-corrected chi connectivity index (χ2v) is 7.70. The zero-order chi connectivity index (χ0) is 15.6. The third kappa shape index (κ3) is 3.78. The molecule has 3 unspecified atom stereocenters. The quantitative estimate of drug-likeness (QED) is 0.866. The second-order valence-electron chi connectivity index (χ2n) is 7.70. The number of rotatable bonds is 4. The molecule has 1 aliphatic carbocycles. The van der Waals surface area contributed by atoms with E-state index in [4.69, 9.17) is 0 Å². The first kappa shape index (κ1) is 16.8. The van der Waals surface area contributed by atoms with Crippen molar-refractivity contribution in [3.8, 4) is 0 Å². The summed E-state index contributed by atoms with van der Waals surface area (Å²) < 4.78 is 0. The van der Waals surface area contributed by atoms with Crippen LogP contribution in [0.4, 0.5) is 0 Å². The fourth-order valence-corrected chi connectivity index (χ4v) is 3.99. The van der Waals surface area contributed by atoms with Crippen LogP contribution in [0.5, 0.6) is 0 Å². The molecular formula is C17H32N2O2. The molecule has 122 valence electrons. The summed E-state index contributed by atoms with van der Waals surface area (Å²) in [5.41, 5.74) is 0.328. The molecule has 0 bridgehead atoms. The fraction of sp³-hybridized carbons (Fsp3) is 0.941. The molecule has 0 aromatic carbocycles. The average Bonchev–Trinajstić information content (AvgIpc) is 2.47. The van der Waals surface area contributed by atoms with E-state index in [1.807, 2.05) is 0 Å².